The highest BCUT2D eigenvalue weighted by Crippen LogP contribution is 2.26. The number of hydrogen-bond acceptors (Lipinski definition) is 4. The zero-order valence-electron chi connectivity index (χ0n) is 14.2. The Labute approximate surface area is 160 Å². The Kier molecular flexibility index (Phi) is 6.57. The van der Waals surface area contributed by atoms with E-state index < -0.39 is 0 Å². The average molecular weight is 385 g/mol. The van der Waals surface area contributed by atoms with Gasteiger partial charge < -0.3 is 10.6 Å². The second kappa shape index (κ2) is 9.31. The second-order valence-corrected chi connectivity index (χ2v) is 7.69. The van der Waals surface area contributed by atoms with Crippen molar-refractivity contribution in [2.24, 2.45) is 0 Å². The third-order valence-electron chi connectivity index (χ3n) is 3.88. The number of rotatable bonds is 8. The number of nitrogens with one attached hydrogen (secondary N) is 2. The van der Waals surface area contributed by atoms with Gasteiger partial charge in [0, 0.05) is 17.8 Å². The molecule has 0 aliphatic heterocycles. The molecule has 1 atom stereocenters. The molecule has 0 aliphatic carbocycles. The van der Waals surface area contributed by atoms with Crippen LogP contribution in [-0.4, -0.2) is 18.4 Å². The predicted octanol–water partition coefficient (Wildman–Crippen LogP) is 4.23. The van der Waals surface area contributed by atoms with Crippen LogP contribution in [0.1, 0.15) is 39.0 Å². The molecule has 0 saturated heterocycles. The van der Waals surface area contributed by atoms with Crippen molar-refractivity contribution >= 4 is 34.5 Å². The minimum absolute atomic E-state index is 0.0161. The van der Waals surface area contributed by atoms with E-state index in [-0.39, 0.29) is 17.9 Å². The third-order valence-corrected chi connectivity index (χ3v) is 5.68. The topological polar surface area (TPSA) is 58.2 Å². The molecule has 0 radical (unpaired) electrons. The Morgan fingerprint density at radius 1 is 0.923 bits per heavy atom. The van der Waals surface area contributed by atoms with Gasteiger partial charge in [-0.2, -0.15) is 0 Å². The van der Waals surface area contributed by atoms with Crippen LogP contribution in [0.4, 0.5) is 0 Å². The number of benzene rings is 1. The van der Waals surface area contributed by atoms with Gasteiger partial charge in [-0.25, -0.2) is 0 Å². The van der Waals surface area contributed by atoms with Crippen molar-refractivity contribution in [1.82, 2.24) is 10.6 Å². The smallest absolute Gasteiger partial charge is 0.261 e. The molecule has 1 aromatic carbocycles. The quantitative estimate of drug-likeness (QED) is 0.571. The van der Waals surface area contributed by atoms with E-state index in [0.717, 1.165) is 10.4 Å². The summed E-state index contributed by atoms with van der Waals surface area (Å²) in [5.41, 5.74) is 1.06. The zero-order valence-corrected chi connectivity index (χ0v) is 15.8. The normalized spacial score (nSPS) is 11.7. The van der Waals surface area contributed by atoms with Crippen LogP contribution < -0.4 is 10.6 Å². The molecule has 1 unspecified atom stereocenters. The molecule has 3 rings (SSSR count). The lowest BCUT2D eigenvalue weighted by atomic mass is 10.1. The Balaban J connectivity index is 1.50. The molecule has 0 fully saturated rings. The predicted molar refractivity (Wildman–Crippen MR) is 107 cm³/mol. The highest BCUT2D eigenvalue weighted by molar-refractivity contribution is 7.12. The first kappa shape index (κ1) is 18.4. The van der Waals surface area contributed by atoms with Crippen molar-refractivity contribution in [3.8, 4) is 0 Å². The van der Waals surface area contributed by atoms with E-state index in [0.29, 0.717) is 24.3 Å². The average Bonchev–Trinajstić information content (AvgIpc) is 3.38. The molecule has 0 saturated carbocycles. The number of hydrogen-bond donors (Lipinski definition) is 2. The molecule has 3 aromatic rings. The summed E-state index contributed by atoms with van der Waals surface area (Å²) in [5, 5.41) is 9.84. The van der Waals surface area contributed by atoms with Gasteiger partial charge >= 0.3 is 0 Å². The number of thiophene rings is 2. The van der Waals surface area contributed by atoms with Crippen molar-refractivity contribution in [1.29, 1.82) is 0 Å². The Hall–Kier alpha value is -2.44. The number of carbonyl (C=O) groups excluding carboxylic acids is 2. The van der Waals surface area contributed by atoms with E-state index in [1.807, 2.05) is 59.3 Å². The lowest BCUT2D eigenvalue weighted by molar-refractivity contribution is -0.121. The second-order valence-electron chi connectivity index (χ2n) is 5.76. The van der Waals surface area contributed by atoms with Gasteiger partial charge in [0.1, 0.15) is 0 Å². The van der Waals surface area contributed by atoms with E-state index in [2.05, 4.69) is 10.6 Å². The maximum absolute atomic E-state index is 12.4. The fourth-order valence-electron chi connectivity index (χ4n) is 2.60. The highest BCUT2D eigenvalue weighted by Gasteiger charge is 2.17. The van der Waals surface area contributed by atoms with E-state index in [1.54, 1.807) is 17.4 Å². The van der Waals surface area contributed by atoms with E-state index >= 15 is 0 Å². The SMILES string of the molecule is O=C(CCCNC(=O)c1cccs1)NC(c1ccccc1)c1cccs1. The lowest BCUT2D eigenvalue weighted by Crippen LogP contribution is -2.30. The summed E-state index contributed by atoms with van der Waals surface area (Å²) in [5.74, 6) is -0.0984. The van der Waals surface area contributed by atoms with Crippen LogP contribution in [0, 0.1) is 0 Å². The molecule has 2 heterocycles. The fraction of sp³-hybridized carbons (Fsp3) is 0.200. The van der Waals surface area contributed by atoms with Gasteiger partial charge in [-0.3, -0.25) is 9.59 Å². The first-order valence-electron chi connectivity index (χ1n) is 8.43. The van der Waals surface area contributed by atoms with Gasteiger partial charge in [0.25, 0.3) is 5.91 Å². The van der Waals surface area contributed by atoms with Crippen molar-refractivity contribution < 1.29 is 9.59 Å². The third kappa shape index (κ3) is 5.03. The molecule has 2 amide bonds. The monoisotopic (exact) mass is 384 g/mol. The van der Waals surface area contributed by atoms with Crippen LogP contribution in [0.2, 0.25) is 0 Å². The summed E-state index contributed by atoms with van der Waals surface area (Å²) >= 11 is 3.04. The van der Waals surface area contributed by atoms with Crippen LogP contribution >= 0.6 is 22.7 Å². The lowest BCUT2D eigenvalue weighted by Gasteiger charge is -2.18. The maximum Gasteiger partial charge on any atom is 0.261 e. The van der Waals surface area contributed by atoms with Gasteiger partial charge in [-0.15, -0.1) is 22.7 Å². The first-order valence-corrected chi connectivity index (χ1v) is 10.2. The molecule has 0 bridgehead atoms. The van der Waals surface area contributed by atoms with Crippen molar-refractivity contribution in [3.05, 3.63) is 80.7 Å². The number of carbonyl (C=O) groups is 2. The van der Waals surface area contributed by atoms with Gasteiger partial charge in [0.05, 0.1) is 10.9 Å². The van der Waals surface area contributed by atoms with Gasteiger partial charge in [-0.1, -0.05) is 42.5 Å². The van der Waals surface area contributed by atoms with E-state index in [4.69, 9.17) is 0 Å². The molecule has 26 heavy (non-hydrogen) atoms. The van der Waals surface area contributed by atoms with Crippen LogP contribution in [0.25, 0.3) is 0 Å². The summed E-state index contributed by atoms with van der Waals surface area (Å²) in [7, 11) is 0. The molecule has 6 heteroatoms. The summed E-state index contributed by atoms with van der Waals surface area (Å²) in [6.45, 7) is 0.485. The minimum atomic E-state index is -0.135. The summed E-state index contributed by atoms with van der Waals surface area (Å²) in [6.07, 6.45) is 0.980. The van der Waals surface area contributed by atoms with E-state index in [1.165, 1.54) is 11.3 Å². The van der Waals surface area contributed by atoms with Crippen molar-refractivity contribution in [2.45, 2.75) is 18.9 Å². The molecular weight excluding hydrogens is 364 g/mol. The minimum Gasteiger partial charge on any atom is -0.351 e. The summed E-state index contributed by atoms with van der Waals surface area (Å²) in [6, 6.07) is 17.5. The van der Waals surface area contributed by atoms with E-state index in [9.17, 15) is 9.59 Å². The fourth-order valence-corrected chi connectivity index (χ4v) is 4.04. The zero-order chi connectivity index (χ0) is 18.2. The Morgan fingerprint density at radius 3 is 2.38 bits per heavy atom. The molecule has 0 spiro atoms. The maximum atomic E-state index is 12.4. The van der Waals surface area contributed by atoms with Gasteiger partial charge in [0.15, 0.2) is 0 Å². The highest BCUT2D eigenvalue weighted by atomic mass is 32.1. The Morgan fingerprint density at radius 2 is 1.69 bits per heavy atom. The molecule has 2 N–H and O–H groups in total. The molecule has 134 valence electrons. The van der Waals surface area contributed by atoms with Gasteiger partial charge in [-0.05, 0) is 34.9 Å². The van der Waals surface area contributed by atoms with Crippen LogP contribution in [0.3, 0.4) is 0 Å². The Bertz CT molecular complexity index is 815. The summed E-state index contributed by atoms with van der Waals surface area (Å²) in [4.78, 5) is 26.0. The van der Waals surface area contributed by atoms with Crippen LogP contribution in [0.15, 0.2) is 65.4 Å². The summed E-state index contributed by atoms with van der Waals surface area (Å²) < 4.78 is 0. The molecule has 4 nitrogen and oxygen atoms in total. The molecular formula is C20H20N2O2S2. The van der Waals surface area contributed by atoms with Crippen LogP contribution in [0.5, 0.6) is 0 Å². The number of amides is 2. The largest absolute Gasteiger partial charge is 0.351 e. The van der Waals surface area contributed by atoms with Crippen LogP contribution in [-0.2, 0) is 4.79 Å². The molecule has 2 aromatic heterocycles. The molecule has 0 aliphatic rings. The van der Waals surface area contributed by atoms with Crippen molar-refractivity contribution in [3.63, 3.8) is 0 Å². The van der Waals surface area contributed by atoms with Gasteiger partial charge in [0.2, 0.25) is 5.91 Å². The first-order chi connectivity index (χ1) is 12.7. The van der Waals surface area contributed by atoms with Crippen molar-refractivity contribution in [2.75, 3.05) is 6.54 Å². The standard InChI is InChI=1S/C20H20N2O2S2/c23-18(11-4-12-21-20(24)17-10-6-14-26-17)22-19(16-9-5-13-25-16)15-7-2-1-3-8-15/h1-3,5-10,13-14,19H,4,11-12H2,(H,21,24)(H,22,23).